The highest BCUT2D eigenvalue weighted by Crippen LogP contribution is 2.39. The molecule has 0 aromatic carbocycles. The number of carbonyl (C=O) groups is 4. The van der Waals surface area contributed by atoms with Gasteiger partial charge in [-0.05, 0) is 104 Å². The fourth-order valence-corrected chi connectivity index (χ4v) is 7.75. The van der Waals surface area contributed by atoms with Crippen LogP contribution in [0.25, 0.3) is 12.2 Å². The highest BCUT2D eigenvalue weighted by Gasteiger charge is 2.52. The van der Waals surface area contributed by atoms with Crippen LogP contribution in [0.1, 0.15) is 69.0 Å². The number of aromatic nitrogens is 1. The molecule has 5 rings (SSSR count). The monoisotopic (exact) mass is 636 g/mol. The smallest absolute Gasteiger partial charge is 0.303 e. The van der Waals surface area contributed by atoms with E-state index < -0.39 is 11.9 Å². The third-order valence-electron chi connectivity index (χ3n) is 9.49. The van der Waals surface area contributed by atoms with Gasteiger partial charge < -0.3 is 36.9 Å². The number of rotatable bonds is 12. The van der Waals surface area contributed by atoms with Crippen LogP contribution in [-0.4, -0.2) is 62.0 Å². The molecule has 0 radical (unpaired) electrons. The topological polar surface area (TPSA) is 187 Å². The van der Waals surface area contributed by atoms with Crippen molar-refractivity contribution in [2.45, 2.75) is 77.1 Å². The molecule has 2 saturated heterocycles. The summed E-state index contributed by atoms with van der Waals surface area (Å²) >= 11 is 1.35. The summed E-state index contributed by atoms with van der Waals surface area (Å²) in [7, 11) is 0. The summed E-state index contributed by atoms with van der Waals surface area (Å²) in [6.45, 7) is 7.80. The second-order valence-electron chi connectivity index (χ2n) is 12.3. The maximum absolute atomic E-state index is 12.6. The Kier molecular flexibility index (Phi) is 9.33. The average molecular weight is 637 g/mol. The number of amides is 2. The maximum atomic E-state index is 12.6. The Bertz CT molecular complexity index is 1590. The highest BCUT2D eigenvalue weighted by molar-refractivity contribution is 7.86. The Morgan fingerprint density at radius 1 is 0.978 bits per heavy atom. The van der Waals surface area contributed by atoms with Crippen molar-refractivity contribution in [3.05, 3.63) is 68.5 Å². The van der Waals surface area contributed by atoms with Crippen LogP contribution >= 0.6 is 0 Å². The Labute approximate surface area is 266 Å². The molecule has 12 heteroatoms. The van der Waals surface area contributed by atoms with Crippen LogP contribution in [0.3, 0.4) is 0 Å². The van der Waals surface area contributed by atoms with Crippen LogP contribution in [-0.2, 0) is 37.4 Å². The van der Waals surface area contributed by atoms with E-state index in [2.05, 4.69) is 20.9 Å². The number of nitrogens with two attached hydrogens (primary N) is 1. The molecule has 4 aliphatic rings. The van der Waals surface area contributed by atoms with Gasteiger partial charge in [-0.1, -0.05) is 6.92 Å². The lowest BCUT2D eigenvalue weighted by Crippen LogP contribution is -2.36. The number of hydrogen-bond donors (Lipinski definition) is 7. The van der Waals surface area contributed by atoms with Crippen molar-refractivity contribution in [1.29, 1.82) is 0 Å². The van der Waals surface area contributed by atoms with Gasteiger partial charge in [0.1, 0.15) is 0 Å². The van der Waals surface area contributed by atoms with Crippen molar-refractivity contribution in [2.24, 2.45) is 17.6 Å². The third kappa shape index (κ3) is 6.75. The molecular formula is C33H42N5O6S+. The van der Waals surface area contributed by atoms with E-state index in [1.165, 1.54) is 18.0 Å². The number of nitrogens with one attached hydrogen (secondary N) is 4. The molecule has 5 atom stereocenters. The molecule has 2 fully saturated rings. The SMILES string of the molecule is CC1=C(CCC(=O)O)/C(=C/c2[nH]c(/C=C3\NC(=O)[C@H](C)[C@H]3[C@@H]3C[SH+]3)c(C)c2CCC(=O)O)NC1C[C@H]1NC(=O)C(/C=C/N)=C1C. The number of aliphatic carboxylic acids is 2. The fourth-order valence-electron chi connectivity index (χ4n) is 6.75. The van der Waals surface area contributed by atoms with Gasteiger partial charge >= 0.3 is 11.9 Å². The van der Waals surface area contributed by atoms with E-state index in [-0.39, 0.29) is 48.6 Å². The summed E-state index contributed by atoms with van der Waals surface area (Å²) in [5, 5.41) is 29.1. The predicted molar refractivity (Wildman–Crippen MR) is 175 cm³/mol. The van der Waals surface area contributed by atoms with Gasteiger partial charge in [0.05, 0.1) is 12.0 Å². The van der Waals surface area contributed by atoms with Gasteiger partial charge in [0, 0.05) is 53.2 Å². The van der Waals surface area contributed by atoms with Gasteiger partial charge in [-0.25, -0.2) is 0 Å². The second-order valence-corrected chi connectivity index (χ2v) is 13.7. The molecule has 2 amide bonds. The van der Waals surface area contributed by atoms with Gasteiger partial charge in [0.15, 0.2) is 11.0 Å². The van der Waals surface area contributed by atoms with Crippen molar-refractivity contribution in [2.75, 3.05) is 5.75 Å². The quantitative estimate of drug-likeness (QED) is 0.104. The summed E-state index contributed by atoms with van der Waals surface area (Å²) in [6.07, 6.45) is 7.97. The van der Waals surface area contributed by atoms with Crippen LogP contribution < -0.4 is 21.7 Å². The van der Waals surface area contributed by atoms with Gasteiger partial charge in [-0.15, -0.1) is 0 Å². The fraction of sp³-hybridized carbons (Fsp3) is 0.455. The number of carboxylic acids is 2. The molecule has 1 aromatic heterocycles. The summed E-state index contributed by atoms with van der Waals surface area (Å²) in [5.41, 5.74) is 13.8. The molecule has 8 N–H and O–H groups in total. The molecule has 11 nitrogen and oxygen atoms in total. The van der Waals surface area contributed by atoms with Crippen molar-refractivity contribution < 1.29 is 29.4 Å². The number of H-pyrrole nitrogens is 1. The highest BCUT2D eigenvalue weighted by atomic mass is 32.2. The van der Waals surface area contributed by atoms with Crippen molar-refractivity contribution in [1.82, 2.24) is 20.9 Å². The number of aromatic amines is 1. The number of carbonyl (C=O) groups excluding carboxylic acids is 2. The Balaban J connectivity index is 1.50. The number of thiol groups is 1. The summed E-state index contributed by atoms with van der Waals surface area (Å²) in [6, 6.07) is -0.369. The van der Waals surface area contributed by atoms with Crippen molar-refractivity contribution in [3.63, 3.8) is 0 Å². The van der Waals surface area contributed by atoms with Crippen molar-refractivity contribution >= 4 is 47.7 Å². The molecule has 5 heterocycles. The Morgan fingerprint density at radius 3 is 2.29 bits per heavy atom. The van der Waals surface area contributed by atoms with E-state index in [1.54, 1.807) is 6.08 Å². The van der Waals surface area contributed by atoms with Gasteiger partial charge in [-0.2, -0.15) is 0 Å². The Morgan fingerprint density at radius 2 is 1.64 bits per heavy atom. The van der Waals surface area contributed by atoms with Crippen LogP contribution in [0.5, 0.6) is 0 Å². The van der Waals surface area contributed by atoms with E-state index in [9.17, 15) is 29.4 Å². The molecule has 0 aliphatic carbocycles. The van der Waals surface area contributed by atoms with E-state index in [0.29, 0.717) is 30.1 Å². The second kappa shape index (κ2) is 13.0. The molecule has 1 aromatic rings. The first-order valence-corrected chi connectivity index (χ1v) is 16.5. The van der Waals surface area contributed by atoms with Gasteiger partial charge in [-0.3, -0.25) is 19.2 Å². The zero-order valence-electron chi connectivity index (χ0n) is 26.0. The summed E-state index contributed by atoms with van der Waals surface area (Å²) < 4.78 is 0. The normalized spacial score (nSPS) is 28.0. The molecule has 0 spiro atoms. The minimum atomic E-state index is -0.901. The van der Waals surface area contributed by atoms with Crippen LogP contribution in [0.2, 0.25) is 0 Å². The van der Waals surface area contributed by atoms with Gasteiger partial charge in [0.25, 0.3) is 5.91 Å². The van der Waals surface area contributed by atoms with E-state index >= 15 is 0 Å². The lowest BCUT2D eigenvalue weighted by Gasteiger charge is -2.20. The molecule has 0 bridgehead atoms. The van der Waals surface area contributed by atoms with Crippen LogP contribution in [0.15, 0.2) is 46.0 Å². The zero-order chi connectivity index (χ0) is 32.6. The largest absolute Gasteiger partial charge is 0.481 e. The van der Waals surface area contributed by atoms with E-state index in [1.807, 2.05) is 39.8 Å². The average Bonchev–Trinajstić information content (AvgIpc) is 3.56. The lowest BCUT2D eigenvalue weighted by molar-refractivity contribution is -0.138. The summed E-state index contributed by atoms with van der Waals surface area (Å²) in [5.74, 6) is -0.853. The minimum Gasteiger partial charge on any atom is -0.481 e. The third-order valence-corrected chi connectivity index (χ3v) is 10.6. The molecule has 4 aliphatic heterocycles. The van der Waals surface area contributed by atoms with Crippen LogP contribution in [0.4, 0.5) is 0 Å². The lowest BCUT2D eigenvalue weighted by atomic mass is 9.91. The van der Waals surface area contributed by atoms with Gasteiger partial charge in [0.2, 0.25) is 5.91 Å². The van der Waals surface area contributed by atoms with E-state index in [4.69, 9.17) is 5.73 Å². The number of hydrogen-bond acceptors (Lipinski definition) is 6. The molecule has 0 saturated carbocycles. The van der Waals surface area contributed by atoms with Crippen LogP contribution in [0, 0.1) is 18.8 Å². The van der Waals surface area contributed by atoms with Crippen molar-refractivity contribution in [3.8, 4) is 0 Å². The molecule has 1 unspecified atom stereocenters. The number of carboxylic acid groups (broad SMARTS) is 2. The standard InChI is InChI=1S/C33H41N5O6S/c1-15-19(5-7-29(39)40)25(35-22(15)11-24-17(3)21(9-10-34)33(44)37-24)13-26-20(6-8-30(41)42)16(2)23(36-26)12-27-31(28-14-45-28)18(4)32(43)38-27/h9-10,12-13,18,22,24,28,31,35-36H,5-8,11,14,34H2,1-4H3,(H,37,44)(H,38,43)(H,39,40)(H,41,42)/p+1/b10-9+,25-13-,27-12-/t18-,22?,24-,28+,31-/m1/s1. The molecular weight excluding hydrogens is 594 g/mol. The molecule has 240 valence electrons. The first kappa shape index (κ1) is 32.2. The van der Waals surface area contributed by atoms with E-state index in [0.717, 1.165) is 56.4 Å². The predicted octanol–water partition coefficient (Wildman–Crippen LogP) is 2.43. The minimum absolute atomic E-state index is 0.0191. The molecule has 45 heavy (non-hydrogen) atoms. The maximum Gasteiger partial charge on any atom is 0.303 e. The summed E-state index contributed by atoms with van der Waals surface area (Å²) in [4.78, 5) is 51.8. The first-order chi connectivity index (χ1) is 21.4. The Hall–Kier alpha value is -4.19. The zero-order valence-corrected chi connectivity index (χ0v) is 26.9. The number of allylic oxidation sites excluding steroid dienone is 2. The first-order valence-electron chi connectivity index (χ1n) is 15.3.